The van der Waals surface area contributed by atoms with Crippen molar-refractivity contribution in [1.82, 2.24) is 10.3 Å². The molecule has 0 saturated heterocycles. The largest absolute Gasteiger partial charge is 0.410 e. The van der Waals surface area contributed by atoms with E-state index in [1.54, 1.807) is 24.4 Å². The fourth-order valence-corrected chi connectivity index (χ4v) is 2.22. The number of hydrogen-bond donors (Lipinski definition) is 2. The molecule has 0 spiro atoms. The first kappa shape index (κ1) is 12.5. The molecule has 0 unspecified atom stereocenters. The van der Waals surface area contributed by atoms with Gasteiger partial charge in [0.25, 0.3) is 5.91 Å². The fourth-order valence-electron chi connectivity index (χ4n) is 2.22. The van der Waals surface area contributed by atoms with E-state index >= 15 is 0 Å². The van der Waals surface area contributed by atoms with Crippen LogP contribution in [-0.4, -0.2) is 27.9 Å². The quantitative estimate of drug-likeness (QED) is 0.485. The van der Waals surface area contributed by atoms with Crippen LogP contribution < -0.4 is 5.32 Å². The molecule has 1 amide bonds. The van der Waals surface area contributed by atoms with E-state index in [0.29, 0.717) is 5.69 Å². The average molecular weight is 247 g/mol. The first-order valence-electron chi connectivity index (χ1n) is 6.25. The Bertz CT molecular complexity index is 425. The van der Waals surface area contributed by atoms with Crippen LogP contribution in [-0.2, 0) is 4.79 Å². The minimum Gasteiger partial charge on any atom is -0.410 e. The predicted octanol–water partition coefficient (Wildman–Crippen LogP) is 1.71. The molecule has 18 heavy (non-hydrogen) atoms. The zero-order valence-corrected chi connectivity index (χ0v) is 10.2. The van der Waals surface area contributed by atoms with Crippen molar-refractivity contribution in [2.75, 3.05) is 0 Å². The van der Waals surface area contributed by atoms with Crippen LogP contribution >= 0.6 is 0 Å². The lowest BCUT2D eigenvalue weighted by molar-refractivity contribution is -0.115. The zero-order chi connectivity index (χ0) is 12.8. The summed E-state index contributed by atoms with van der Waals surface area (Å²) in [6.45, 7) is 0. The van der Waals surface area contributed by atoms with Gasteiger partial charge in [-0.3, -0.25) is 9.78 Å². The van der Waals surface area contributed by atoms with Crippen LogP contribution in [0.4, 0.5) is 0 Å². The predicted molar refractivity (Wildman–Crippen MR) is 67.6 cm³/mol. The lowest BCUT2D eigenvalue weighted by Gasteiger charge is -2.22. The second-order valence-corrected chi connectivity index (χ2v) is 4.47. The van der Waals surface area contributed by atoms with Crippen molar-refractivity contribution >= 4 is 11.6 Å². The summed E-state index contributed by atoms with van der Waals surface area (Å²) in [5.74, 6) is -0.358. The highest BCUT2D eigenvalue weighted by Crippen LogP contribution is 2.17. The van der Waals surface area contributed by atoms with Gasteiger partial charge in [-0.1, -0.05) is 30.5 Å². The van der Waals surface area contributed by atoms with Gasteiger partial charge < -0.3 is 10.5 Å². The third kappa shape index (κ3) is 3.06. The van der Waals surface area contributed by atoms with Gasteiger partial charge in [0.2, 0.25) is 0 Å². The molecule has 1 fully saturated rings. The Hall–Kier alpha value is -1.91. The van der Waals surface area contributed by atoms with Crippen LogP contribution in [0.2, 0.25) is 0 Å². The zero-order valence-electron chi connectivity index (χ0n) is 10.2. The molecule has 0 aromatic carbocycles. The number of nitrogens with zero attached hydrogens (tertiary/aromatic N) is 2. The summed E-state index contributed by atoms with van der Waals surface area (Å²) in [6, 6.07) is 5.33. The van der Waals surface area contributed by atoms with E-state index in [2.05, 4.69) is 15.5 Å². The topological polar surface area (TPSA) is 74.6 Å². The summed E-state index contributed by atoms with van der Waals surface area (Å²) < 4.78 is 0. The van der Waals surface area contributed by atoms with Gasteiger partial charge in [0, 0.05) is 12.2 Å². The maximum Gasteiger partial charge on any atom is 0.275 e. The number of amides is 1. The molecule has 1 heterocycles. The highest BCUT2D eigenvalue weighted by Gasteiger charge is 2.21. The maximum atomic E-state index is 12.0. The first-order valence-corrected chi connectivity index (χ1v) is 6.25. The van der Waals surface area contributed by atoms with Crippen molar-refractivity contribution < 1.29 is 10.0 Å². The Morgan fingerprint density at radius 3 is 2.72 bits per heavy atom. The fraction of sp³-hybridized carbons (Fsp3) is 0.462. The number of aromatic nitrogens is 1. The van der Waals surface area contributed by atoms with Crippen molar-refractivity contribution in [2.24, 2.45) is 5.16 Å². The number of carbonyl (C=O) groups is 1. The third-order valence-electron chi connectivity index (χ3n) is 3.16. The molecule has 1 saturated carbocycles. The Balaban J connectivity index is 2.02. The summed E-state index contributed by atoms with van der Waals surface area (Å²) in [6.07, 6.45) is 7.06. The smallest absolute Gasteiger partial charge is 0.275 e. The number of nitrogens with one attached hydrogen (secondary N) is 1. The minimum absolute atomic E-state index is 0.0267. The number of hydrogen-bond acceptors (Lipinski definition) is 4. The van der Waals surface area contributed by atoms with Gasteiger partial charge in [-0.15, -0.1) is 0 Å². The number of pyridine rings is 1. The van der Waals surface area contributed by atoms with Crippen molar-refractivity contribution in [1.29, 1.82) is 0 Å². The van der Waals surface area contributed by atoms with E-state index in [-0.39, 0.29) is 17.7 Å². The summed E-state index contributed by atoms with van der Waals surface area (Å²) in [4.78, 5) is 16.0. The van der Waals surface area contributed by atoms with Gasteiger partial charge in [0.15, 0.2) is 5.71 Å². The molecule has 0 bridgehead atoms. The molecule has 1 aliphatic rings. The van der Waals surface area contributed by atoms with Gasteiger partial charge >= 0.3 is 0 Å². The molecule has 5 nitrogen and oxygen atoms in total. The van der Waals surface area contributed by atoms with E-state index in [9.17, 15) is 4.79 Å². The molecular formula is C13H17N3O2. The van der Waals surface area contributed by atoms with Crippen molar-refractivity contribution in [2.45, 2.75) is 38.1 Å². The Kier molecular flexibility index (Phi) is 4.28. The molecule has 1 aromatic heterocycles. The molecule has 1 aliphatic carbocycles. The SMILES string of the molecule is O=C(NC1CCCCC1)/C(=N/O)c1ccccn1. The number of rotatable bonds is 3. The van der Waals surface area contributed by atoms with E-state index in [0.717, 1.165) is 25.7 Å². The maximum absolute atomic E-state index is 12.0. The minimum atomic E-state index is -0.358. The Morgan fingerprint density at radius 1 is 1.33 bits per heavy atom. The van der Waals surface area contributed by atoms with Crippen LogP contribution in [0.3, 0.4) is 0 Å². The van der Waals surface area contributed by atoms with E-state index < -0.39 is 0 Å². The third-order valence-corrected chi connectivity index (χ3v) is 3.16. The van der Waals surface area contributed by atoms with Gasteiger partial charge in [0.05, 0.1) is 5.69 Å². The van der Waals surface area contributed by atoms with Gasteiger partial charge in [-0.05, 0) is 25.0 Å². The van der Waals surface area contributed by atoms with Crippen LogP contribution in [0.15, 0.2) is 29.6 Å². The molecule has 2 rings (SSSR count). The number of carbonyl (C=O) groups excluding carboxylic acids is 1. The second-order valence-electron chi connectivity index (χ2n) is 4.47. The van der Waals surface area contributed by atoms with Gasteiger partial charge in [-0.25, -0.2) is 0 Å². The lowest BCUT2D eigenvalue weighted by Crippen LogP contribution is -2.40. The van der Waals surface area contributed by atoms with Crippen molar-refractivity contribution in [3.05, 3.63) is 30.1 Å². The molecule has 0 aliphatic heterocycles. The van der Waals surface area contributed by atoms with Crippen LogP contribution in [0, 0.1) is 0 Å². The second kappa shape index (κ2) is 6.14. The highest BCUT2D eigenvalue weighted by atomic mass is 16.4. The van der Waals surface area contributed by atoms with Crippen molar-refractivity contribution in [3.63, 3.8) is 0 Å². The van der Waals surface area contributed by atoms with E-state index in [4.69, 9.17) is 5.21 Å². The first-order chi connectivity index (χ1) is 8.81. The Labute approximate surface area is 106 Å². The monoisotopic (exact) mass is 247 g/mol. The summed E-state index contributed by atoms with van der Waals surface area (Å²) >= 11 is 0. The Morgan fingerprint density at radius 2 is 2.11 bits per heavy atom. The van der Waals surface area contributed by atoms with E-state index in [1.165, 1.54) is 6.42 Å². The summed E-state index contributed by atoms with van der Waals surface area (Å²) in [5, 5.41) is 14.9. The number of oxime groups is 1. The molecular weight excluding hydrogens is 230 g/mol. The van der Waals surface area contributed by atoms with Gasteiger partial charge in [0.1, 0.15) is 0 Å². The summed E-state index contributed by atoms with van der Waals surface area (Å²) in [7, 11) is 0. The van der Waals surface area contributed by atoms with E-state index in [1.807, 2.05) is 0 Å². The lowest BCUT2D eigenvalue weighted by atomic mass is 9.95. The molecule has 5 heteroatoms. The molecule has 0 atom stereocenters. The van der Waals surface area contributed by atoms with Crippen molar-refractivity contribution in [3.8, 4) is 0 Å². The van der Waals surface area contributed by atoms with Crippen LogP contribution in [0.1, 0.15) is 37.8 Å². The molecule has 1 aromatic rings. The van der Waals surface area contributed by atoms with Crippen LogP contribution in [0.25, 0.3) is 0 Å². The normalized spacial score (nSPS) is 17.4. The molecule has 2 N–H and O–H groups in total. The summed E-state index contributed by atoms with van der Waals surface area (Å²) in [5.41, 5.74) is 0.356. The molecule has 0 radical (unpaired) electrons. The molecule has 96 valence electrons. The highest BCUT2D eigenvalue weighted by molar-refractivity contribution is 6.44. The van der Waals surface area contributed by atoms with Crippen LogP contribution in [0.5, 0.6) is 0 Å². The van der Waals surface area contributed by atoms with Gasteiger partial charge in [-0.2, -0.15) is 0 Å². The standard InChI is InChI=1S/C13H17N3O2/c17-13(15-10-6-2-1-3-7-10)12(16-18)11-8-4-5-9-14-11/h4-5,8-10,18H,1-3,6-7H2,(H,15,17)/b16-12+. The average Bonchev–Trinajstić information content (AvgIpc) is 2.42.